The molecule has 0 radical (unpaired) electrons. The molecule has 2 saturated heterocycles. The minimum Gasteiger partial charge on any atom is -0.374 e. The van der Waals surface area contributed by atoms with Crippen LogP contribution in [0.25, 0.3) is 0 Å². The molecule has 2 heterocycles. The van der Waals surface area contributed by atoms with E-state index in [0.717, 1.165) is 37.7 Å². The van der Waals surface area contributed by atoms with Gasteiger partial charge in [0.25, 0.3) is 0 Å². The highest BCUT2D eigenvalue weighted by molar-refractivity contribution is 5.74. The number of fused-ring (bicyclic) bond motifs is 2. The number of carbonyl (C=O) groups excluding carboxylic acids is 2. The summed E-state index contributed by atoms with van der Waals surface area (Å²) in [6.45, 7) is 1.14. The maximum Gasteiger partial charge on any atom is 0.315 e. The van der Waals surface area contributed by atoms with Gasteiger partial charge in [-0.2, -0.15) is 0 Å². The first-order chi connectivity index (χ1) is 14.5. The Morgan fingerprint density at radius 1 is 1.13 bits per heavy atom. The van der Waals surface area contributed by atoms with Crippen LogP contribution in [0.2, 0.25) is 0 Å². The van der Waals surface area contributed by atoms with Crippen LogP contribution < -0.4 is 10.6 Å². The third-order valence-corrected chi connectivity index (χ3v) is 6.08. The van der Waals surface area contributed by atoms with Gasteiger partial charge in [0.15, 0.2) is 0 Å². The van der Waals surface area contributed by atoms with Gasteiger partial charge in [-0.15, -0.1) is 0 Å². The Balaban J connectivity index is 1.38. The summed E-state index contributed by atoms with van der Waals surface area (Å²) in [6.07, 6.45) is 9.76. The molecule has 0 aromatic heterocycles. The fraction of sp³-hybridized carbons (Fsp3) is 0.565. The van der Waals surface area contributed by atoms with Crippen molar-refractivity contribution in [2.45, 2.75) is 57.3 Å². The van der Waals surface area contributed by atoms with Crippen LogP contribution in [0.5, 0.6) is 0 Å². The fourth-order valence-electron chi connectivity index (χ4n) is 4.44. The fourth-order valence-corrected chi connectivity index (χ4v) is 4.44. The summed E-state index contributed by atoms with van der Waals surface area (Å²) in [6, 6.07) is 9.72. The molecule has 1 aromatic rings. The smallest absolute Gasteiger partial charge is 0.315 e. The largest absolute Gasteiger partial charge is 0.374 e. The maximum absolute atomic E-state index is 12.2. The van der Waals surface area contributed by atoms with Crippen molar-refractivity contribution in [1.82, 2.24) is 15.7 Å². The molecular formula is C23H33N3O4. The highest BCUT2D eigenvalue weighted by atomic mass is 16.5. The Hall–Kier alpha value is -2.38. The number of rotatable bonds is 10. The zero-order chi connectivity index (χ0) is 21.3. The highest BCUT2D eigenvalue weighted by Gasteiger charge is 2.47. The maximum atomic E-state index is 12.2. The molecule has 30 heavy (non-hydrogen) atoms. The summed E-state index contributed by atoms with van der Waals surface area (Å²) in [7, 11) is 1.35. The number of allylic oxidation sites excluding steroid dienone is 2. The predicted octanol–water partition coefficient (Wildman–Crippen LogP) is 3.24. The van der Waals surface area contributed by atoms with E-state index in [0.29, 0.717) is 36.4 Å². The van der Waals surface area contributed by atoms with Crippen molar-refractivity contribution in [3.63, 3.8) is 0 Å². The van der Waals surface area contributed by atoms with Crippen molar-refractivity contribution in [3.8, 4) is 0 Å². The lowest BCUT2D eigenvalue weighted by atomic mass is 9.77. The number of hydrogen-bond donors (Lipinski definition) is 3. The first-order valence-corrected chi connectivity index (χ1v) is 10.9. The summed E-state index contributed by atoms with van der Waals surface area (Å²) < 4.78 is 6.11. The number of urea groups is 1. The van der Waals surface area contributed by atoms with E-state index in [1.54, 1.807) is 0 Å². The molecule has 2 aliphatic heterocycles. The summed E-state index contributed by atoms with van der Waals surface area (Å²) in [5, 5.41) is 15.6. The molecule has 2 aliphatic rings. The van der Waals surface area contributed by atoms with E-state index >= 15 is 0 Å². The van der Waals surface area contributed by atoms with Gasteiger partial charge in [0.1, 0.15) is 0 Å². The summed E-state index contributed by atoms with van der Waals surface area (Å²) in [5.41, 5.74) is 1.08. The normalized spacial score (nSPS) is 24.9. The molecule has 0 aliphatic carbocycles. The number of nitrogens with one attached hydrogen (secondary N) is 2. The van der Waals surface area contributed by atoms with Crippen LogP contribution >= 0.6 is 0 Å². The van der Waals surface area contributed by atoms with Crippen LogP contribution in [-0.2, 0) is 16.1 Å². The van der Waals surface area contributed by atoms with Crippen LogP contribution in [0.15, 0.2) is 42.5 Å². The molecule has 7 nitrogen and oxygen atoms in total. The number of amides is 3. The van der Waals surface area contributed by atoms with Gasteiger partial charge in [0.2, 0.25) is 5.91 Å². The molecule has 0 saturated carbocycles. The highest BCUT2D eigenvalue weighted by Crippen LogP contribution is 2.44. The first-order valence-electron chi connectivity index (χ1n) is 10.9. The zero-order valence-corrected chi connectivity index (χ0v) is 17.6. The standard InChI is InChI=1S/C23H33N3O4/c1-26(29)22(27)12-8-3-2-7-11-18-19(21-14-13-20(18)30-21)16-25-23(28)24-15-17-9-5-4-6-10-17/h2,4-7,9-10,18-21,29H,3,8,11-16H2,1H3,(H2,24,25,28)/b7-2-/t18-,19+,20-,21+/m1/s1. The Labute approximate surface area is 178 Å². The average molecular weight is 416 g/mol. The molecule has 2 bridgehead atoms. The van der Waals surface area contributed by atoms with Crippen LogP contribution in [0.4, 0.5) is 4.79 Å². The third kappa shape index (κ3) is 6.31. The zero-order valence-electron chi connectivity index (χ0n) is 17.6. The quantitative estimate of drug-likeness (QED) is 0.237. The Morgan fingerprint density at radius 3 is 2.60 bits per heavy atom. The van der Waals surface area contributed by atoms with E-state index in [-0.39, 0.29) is 24.1 Å². The Morgan fingerprint density at radius 2 is 1.87 bits per heavy atom. The first kappa shape index (κ1) is 22.3. The second kappa shape index (κ2) is 11.1. The molecule has 164 valence electrons. The minimum atomic E-state index is -0.262. The lowest BCUT2D eigenvalue weighted by Crippen LogP contribution is -2.42. The van der Waals surface area contributed by atoms with Gasteiger partial charge < -0.3 is 15.4 Å². The molecule has 2 fully saturated rings. The van der Waals surface area contributed by atoms with Crippen LogP contribution in [0.1, 0.15) is 44.1 Å². The second-order valence-electron chi connectivity index (χ2n) is 8.18. The van der Waals surface area contributed by atoms with Crippen molar-refractivity contribution in [2.24, 2.45) is 11.8 Å². The molecule has 3 amide bonds. The van der Waals surface area contributed by atoms with Crippen molar-refractivity contribution in [2.75, 3.05) is 13.6 Å². The van der Waals surface area contributed by atoms with E-state index in [4.69, 9.17) is 9.94 Å². The lowest BCUT2D eigenvalue weighted by Gasteiger charge is -2.27. The van der Waals surface area contributed by atoms with Gasteiger partial charge in [-0.05, 0) is 43.6 Å². The molecule has 4 atom stereocenters. The number of unbranched alkanes of at least 4 members (excludes halogenated alkanes) is 1. The van der Waals surface area contributed by atoms with Crippen LogP contribution in [-0.4, -0.2) is 48.0 Å². The lowest BCUT2D eigenvalue weighted by molar-refractivity contribution is -0.159. The Kier molecular flexibility index (Phi) is 8.28. The molecular weight excluding hydrogens is 382 g/mol. The number of hydroxylamine groups is 2. The molecule has 7 heteroatoms. The van der Waals surface area contributed by atoms with Gasteiger partial charge in [-0.1, -0.05) is 42.5 Å². The summed E-state index contributed by atoms with van der Waals surface area (Å²) in [5.74, 6) is 0.488. The summed E-state index contributed by atoms with van der Waals surface area (Å²) in [4.78, 5) is 23.6. The molecule has 3 N–H and O–H groups in total. The molecule has 0 unspecified atom stereocenters. The molecule has 0 spiro atoms. The predicted molar refractivity (Wildman–Crippen MR) is 114 cm³/mol. The van der Waals surface area contributed by atoms with E-state index in [2.05, 4.69) is 22.8 Å². The number of nitrogens with zero attached hydrogens (tertiary/aromatic N) is 1. The topological polar surface area (TPSA) is 90.9 Å². The third-order valence-electron chi connectivity index (χ3n) is 6.08. The van der Waals surface area contributed by atoms with Crippen LogP contribution in [0.3, 0.4) is 0 Å². The van der Waals surface area contributed by atoms with Gasteiger partial charge in [-0.25, -0.2) is 9.86 Å². The Bertz CT molecular complexity index is 722. The monoisotopic (exact) mass is 415 g/mol. The summed E-state index contributed by atoms with van der Waals surface area (Å²) >= 11 is 0. The SMILES string of the molecule is CN(O)C(=O)CCC/C=C\C[C@@H]1[C@H](CNC(=O)NCc2ccccc2)[C@@H]2CC[C@H]1O2. The van der Waals surface area contributed by atoms with Crippen LogP contribution in [0, 0.1) is 11.8 Å². The van der Waals surface area contributed by atoms with E-state index in [9.17, 15) is 9.59 Å². The minimum absolute atomic E-state index is 0.144. The number of hydrogen-bond acceptors (Lipinski definition) is 4. The average Bonchev–Trinajstić information content (AvgIpc) is 3.35. The van der Waals surface area contributed by atoms with E-state index in [1.165, 1.54) is 7.05 Å². The van der Waals surface area contributed by atoms with Gasteiger partial charge >= 0.3 is 6.03 Å². The number of benzene rings is 1. The van der Waals surface area contributed by atoms with Gasteiger partial charge in [-0.3, -0.25) is 10.0 Å². The number of carbonyl (C=O) groups is 2. The van der Waals surface area contributed by atoms with Crippen molar-refractivity contribution >= 4 is 11.9 Å². The van der Waals surface area contributed by atoms with E-state index in [1.807, 2.05) is 30.3 Å². The van der Waals surface area contributed by atoms with E-state index < -0.39 is 0 Å². The molecule has 1 aromatic carbocycles. The molecule has 3 rings (SSSR count). The van der Waals surface area contributed by atoms with Crippen molar-refractivity contribution in [1.29, 1.82) is 0 Å². The van der Waals surface area contributed by atoms with Gasteiger partial charge in [0, 0.05) is 32.5 Å². The van der Waals surface area contributed by atoms with Crippen molar-refractivity contribution < 1.29 is 19.5 Å². The van der Waals surface area contributed by atoms with Crippen molar-refractivity contribution in [3.05, 3.63) is 48.0 Å². The second-order valence-corrected chi connectivity index (χ2v) is 8.18. The van der Waals surface area contributed by atoms with Gasteiger partial charge in [0.05, 0.1) is 12.2 Å². The number of ether oxygens (including phenoxy) is 1.